The fourth-order valence-electron chi connectivity index (χ4n) is 4.71. The van der Waals surface area contributed by atoms with Crippen molar-refractivity contribution in [3.05, 3.63) is 71.8 Å². The number of anilines is 1. The number of amides is 2. The molecule has 0 fully saturated rings. The Morgan fingerprint density at radius 1 is 1.00 bits per heavy atom. The van der Waals surface area contributed by atoms with Crippen LogP contribution in [-0.4, -0.2) is 43.8 Å². The van der Waals surface area contributed by atoms with Crippen LogP contribution in [0.5, 0.6) is 0 Å². The quantitative estimate of drug-likeness (QED) is 0.466. The molecule has 7 nitrogen and oxygen atoms in total. The van der Waals surface area contributed by atoms with Gasteiger partial charge in [-0.3, -0.25) is 13.9 Å². The first-order valence-corrected chi connectivity index (χ1v) is 13.7. The maximum Gasteiger partial charge on any atom is 0.265 e. The van der Waals surface area contributed by atoms with Crippen LogP contribution < -0.4 is 9.62 Å². The molecule has 1 atom stereocenters. The summed E-state index contributed by atoms with van der Waals surface area (Å²) in [7, 11) is -3.67. The maximum atomic E-state index is 13.4. The molecule has 0 aliphatic carbocycles. The van der Waals surface area contributed by atoms with E-state index in [2.05, 4.69) is 5.32 Å². The molecule has 3 aromatic carbocycles. The van der Waals surface area contributed by atoms with Gasteiger partial charge in [-0.2, -0.15) is 0 Å². The zero-order valence-corrected chi connectivity index (χ0v) is 22.0. The van der Waals surface area contributed by atoms with Crippen LogP contribution in [0.25, 0.3) is 10.8 Å². The summed E-state index contributed by atoms with van der Waals surface area (Å²) in [5, 5.41) is 4.49. The van der Waals surface area contributed by atoms with Crippen LogP contribution in [0.4, 0.5) is 5.69 Å². The highest BCUT2D eigenvalue weighted by Gasteiger charge is 2.35. The van der Waals surface area contributed by atoms with Gasteiger partial charge in [-0.1, -0.05) is 54.1 Å². The summed E-state index contributed by atoms with van der Waals surface area (Å²) in [4.78, 5) is 28.0. The van der Waals surface area contributed by atoms with E-state index in [0.717, 1.165) is 21.9 Å². The Bertz CT molecular complexity index is 1400. The van der Waals surface area contributed by atoms with Crippen molar-refractivity contribution >= 4 is 38.3 Å². The van der Waals surface area contributed by atoms with Gasteiger partial charge in [0.05, 0.1) is 10.6 Å². The number of hydrogen-bond acceptors (Lipinski definition) is 4. The second-order valence-corrected chi connectivity index (χ2v) is 11.5. The summed E-state index contributed by atoms with van der Waals surface area (Å²) in [6.45, 7) is 7.97. The van der Waals surface area contributed by atoms with Crippen LogP contribution in [-0.2, 0) is 26.2 Å². The zero-order chi connectivity index (χ0) is 26.0. The van der Waals surface area contributed by atoms with Crippen LogP contribution in [0.15, 0.2) is 65.6 Å². The van der Waals surface area contributed by atoms with Crippen molar-refractivity contribution in [3.8, 4) is 0 Å². The molecule has 1 heterocycles. The van der Waals surface area contributed by atoms with Gasteiger partial charge in [0.2, 0.25) is 11.8 Å². The second kappa shape index (κ2) is 10.3. The van der Waals surface area contributed by atoms with E-state index in [4.69, 9.17) is 0 Å². The van der Waals surface area contributed by atoms with Crippen LogP contribution in [0.3, 0.4) is 0 Å². The summed E-state index contributed by atoms with van der Waals surface area (Å²) in [6, 6.07) is 18.0. The number of nitrogens with zero attached hydrogens (tertiary/aromatic N) is 2. The lowest BCUT2D eigenvalue weighted by Crippen LogP contribution is -2.49. The smallest absolute Gasteiger partial charge is 0.265 e. The molecule has 0 spiro atoms. The minimum absolute atomic E-state index is 0.0411. The lowest BCUT2D eigenvalue weighted by Gasteiger charge is -2.30. The molecule has 4 rings (SSSR count). The highest BCUT2D eigenvalue weighted by Crippen LogP contribution is 2.42. The SMILES string of the molecule is Cc1cccc(CN(C(=O)CCCN2c3cccc4cccc(c34)S2(=O)=O)C(C)C(=O)NC(C)C)c1. The van der Waals surface area contributed by atoms with E-state index in [1.165, 1.54) is 4.31 Å². The average Bonchev–Trinajstić information content (AvgIpc) is 3.05. The van der Waals surface area contributed by atoms with Crippen LogP contribution in [0.1, 0.15) is 44.7 Å². The van der Waals surface area contributed by atoms with E-state index in [1.807, 2.05) is 63.2 Å². The van der Waals surface area contributed by atoms with Crippen molar-refractivity contribution in [3.63, 3.8) is 0 Å². The molecule has 1 aliphatic rings. The van der Waals surface area contributed by atoms with E-state index < -0.39 is 16.1 Å². The standard InChI is InChI=1S/C28H33N3O4S/c1-19(2)29-28(33)21(4)30(18-22-10-5-9-20(3)17-22)26(32)15-8-16-31-24-13-6-11-23-12-7-14-25(27(23)24)36(31,34)35/h5-7,9-14,17,19,21H,8,15-16,18H2,1-4H3,(H,29,33). The van der Waals surface area contributed by atoms with Gasteiger partial charge in [-0.05, 0) is 57.2 Å². The summed E-state index contributed by atoms with van der Waals surface area (Å²) in [5.74, 6) is -0.398. The molecular weight excluding hydrogens is 474 g/mol. The third-order valence-electron chi connectivity index (χ3n) is 6.47. The first-order valence-electron chi connectivity index (χ1n) is 12.3. The van der Waals surface area contributed by atoms with Gasteiger partial charge >= 0.3 is 0 Å². The molecule has 8 heteroatoms. The zero-order valence-electron chi connectivity index (χ0n) is 21.2. The first-order chi connectivity index (χ1) is 17.1. The normalized spacial score (nSPS) is 14.8. The number of rotatable bonds is 9. The van der Waals surface area contributed by atoms with E-state index in [1.54, 1.807) is 30.0 Å². The predicted octanol–water partition coefficient (Wildman–Crippen LogP) is 4.38. The van der Waals surface area contributed by atoms with Crippen LogP contribution in [0, 0.1) is 6.92 Å². The Morgan fingerprint density at radius 3 is 2.39 bits per heavy atom. The molecule has 1 N–H and O–H groups in total. The van der Waals surface area contributed by atoms with Gasteiger partial charge in [0, 0.05) is 30.9 Å². The van der Waals surface area contributed by atoms with Crippen molar-refractivity contribution in [1.29, 1.82) is 0 Å². The Hall–Kier alpha value is -3.39. The van der Waals surface area contributed by atoms with E-state index >= 15 is 0 Å². The number of nitrogens with one attached hydrogen (secondary N) is 1. The molecule has 1 aliphatic heterocycles. The Morgan fingerprint density at radius 2 is 1.69 bits per heavy atom. The molecule has 0 radical (unpaired) electrons. The lowest BCUT2D eigenvalue weighted by molar-refractivity contribution is -0.140. The maximum absolute atomic E-state index is 13.4. The minimum atomic E-state index is -3.67. The van der Waals surface area contributed by atoms with Crippen molar-refractivity contribution in [2.45, 2.75) is 64.1 Å². The highest BCUT2D eigenvalue weighted by atomic mass is 32.2. The van der Waals surface area contributed by atoms with E-state index in [9.17, 15) is 18.0 Å². The summed E-state index contributed by atoms with van der Waals surface area (Å²) in [6.07, 6.45) is 0.467. The Labute approximate surface area is 213 Å². The number of carbonyl (C=O) groups is 2. The van der Waals surface area contributed by atoms with E-state index in [0.29, 0.717) is 23.5 Å². The fourth-order valence-corrected chi connectivity index (χ4v) is 6.46. The van der Waals surface area contributed by atoms with Crippen molar-refractivity contribution in [1.82, 2.24) is 10.2 Å². The van der Waals surface area contributed by atoms with Gasteiger partial charge in [-0.15, -0.1) is 0 Å². The Kier molecular flexibility index (Phi) is 7.36. The molecular formula is C28H33N3O4S. The molecule has 0 saturated carbocycles. The van der Waals surface area contributed by atoms with Gasteiger partial charge in [0.25, 0.3) is 10.0 Å². The predicted molar refractivity (Wildman–Crippen MR) is 142 cm³/mol. The fraction of sp³-hybridized carbons (Fsp3) is 0.357. The first kappa shape index (κ1) is 25.7. The van der Waals surface area contributed by atoms with Crippen molar-refractivity contribution in [2.75, 3.05) is 10.8 Å². The third kappa shape index (κ3) is 5.09. The summed E-state index contributed by atoms with van der Waals surface area (Å²) in [5.41, 5.74) is 2.67. The molecule has 0 aromatic heterocycles. The van der Waals surface area contributed by atoms with Gasteiger partial charge in [0.1, 0.15) is 6.04 Å². The molecule has 36 heavy (non-hydrogen) atoms. The number of carbonyl (C=O) groups excluding carboxylic acids is 2. The van der Waals surface area contributed by atoms with Gasteiger partial charge < -0.3 is 10.2 Å². The third-order valence-corrected chi connectivity index (χ3v) is 8.32. The summed E-state index contributed by atoms with van der Waals surface area (Å²) >= 11 is 0. The molecule has 0 saturated heterocycles. The number of sulfonamides is 1. The van der Waals surface area contributed by atoms with Crippen LogP contribution >= 0.6 is 0 Å². The second-order valence-electron chi connectivity index (χ2n) is 9.66. The van der Waals surface area contributed by atoms with Crippen molar-refractivity contribution < 1.29 is 18.0 Å². The Balaban J connectivity index is 1.50. The largest absolute Gasteiger partial charge is 0.352 e. The lowest BCUT2D eigenvalue weighted by atomic mass is 10.1. The average molecular weight is 508 g/mol. The number of aryl methyl sites for hydroxylation is 1. The molecule has 3 aromatic rings. The molecule has 190 valence electrons. The van der Waals surface area contributed by atoms with E-state index in [-0.39, 0.29) is 30.8 Å². The van der Waals surface area contributed by atoms with Crippen molar-refractivity contribution in [2.24, 2.45) is 0 Å². The molecule has 1 unspecified atom stereocenters. The minimum Gasteiger partial charge on any atom is -0.352 e. The highest BCUT2D eigenvalue weighted by molar-refractivity contribution is 7.93. The monoisotopic (exact) mass is 507 g/mol. The topological polar surface area (TPSA) is 86.8 Å². The van der Waals surface area contributed by atoms with Gasteiger partial charge in [0.15, 0.2) is 0 Å². The molecule has 2 amide bonds. The number of benzene rings is 3. The summed E-state index contributed by atoms with van der Waals surface area (Å²) < 4.78 is 27.9. The van der Waals surface area contributed by atoms with Crippen LogP contribution in [0.2, 0.25) is 0 Å². The molecule has 0 bridgehead atoms. The van der Waals surface area contributed by atoms with Gasteiger partial charge in [-0.25, -0.2) is 8.42 Å². The number of hydrogen-bond donors (Lipinski definition) is 1.